The number of halogens is 1. The molecule has 0 saturated heterocycles. The number of hydrogen-bond donors (Lipinski definition) is 3. The van der Waals surface area contributed by atoms with Crippen molar-refractivity contribution >= 4 is 33.7 Å². The van der Waals surface area contributed by atoms with E-state index >= 15 is 0 Å². The Bertz CT molecular complexity index is 422. The van der Waals surface area contributed by atoms with Crippen LogP contribution in [0.3, 0.4) is 0 Å². The molecule has 0 spiro atoms. The van der Waals surface area contributed by atoms with Crippen LogP contribution in [0.2, 0.25) is 0 Å². The highest BCUT2D eigenvalue weighted by molar-refractivity contribution is 9.10. The van der Waals surface area contributed by atoms with Gasteiger partial charge in [-0.2, -0.15) is 0 Å². The van der Waals surface area contributed by atoms with Gasteiger partial charge < -0.3 is 10.4 Å². The Labute approximate surface area is 100 Å². The molecule has 1 aromatic rings. The van der Waals surface area contributed by atoms with Crippen molar-refractivity contribution < 1.29 is 14.7 Å². The number of anilines is 1. The smallest absolute Gasteiger partial charge is 0.323 e. The quantitative estimate of drug-likeness (QED) is 0.783. The molecule has 0 unspecified atom stereocenters. The number of carboxylic acid groups (broad SMARTS) is 1. The molecule has 0 saturated carbocycles. The fourth-order valence-electron chi connectivity index (χ4n) is 0.979. The maximum absolute atomic E-state index is 11.2. The second kappa shape index (κ2) is 5.45. The van der Waals surface area contributed by atoms with Crippen molar-refractivity contribution in [3.63, 3.8) is 0 Å². The molecule has 0 radical (unpaired) electrons. The first-order valence-electron chi connectivity index (χ1n) is 4.38. The van der Waals surface area contributed by atoms with Crippen molar-refractivity contribution in [3.05, 3.63) is 22.3 Å². The van der Waals surface area contributed by atoms with E-state index in [9.17, 15) is 9.59 Å². The first kappa shape index (κ1) is 12.4. The number of nitrogens with one attached hydrogen (secondary N) is 2. The van der Waals surface area contributed by atoms with E-state index in [2.05, 4.69) is 31.5 Å². The van der Waals surface area contributed by atoms with Gasteiger partial charge in [-0.25, -0.2) is 9.78 Å². The average Bonchev–Trinajstić information content (AvgIpc) is 2.19. The third-order valence-electron chi connectivity index (χ3n) is 1.68. The predicted molar refractivity (Wildman–Crippen MR) is 61.3 cm³/mol. The lowest BCUT2D eigenvalue weighted by Crippen LogP contribution is -2.33. The lowest BCUT2D eigenvalue weighted by atomic mass is 10.3. The Morgan fingerprint density at radius 2 is 2.25 bits per heavy atom. The molecule has 0 aromatic carbocycles. The molecular formula is C9H10BrN3O3. The Morgan fingerprint density at radius 3 is 2.81 bits per heavy atom. The second-order valence-corrected chi connectivity index (χ2v) is 3.94. The summed E-state index contributed by atoms with van der Waals surface area (Å²) in [6.07, 6.45) is 1.54. The zero-order valence-electron chi connectivity index (χ0n) is 8.45. The summed E-state index contributed by atoms with van der Waals surface area (Å²) >= 11 is 3.24. The molecule has 0 aliphatic heterocycles. The third kappa shape index (κ3) is 3.85. The van der Waals surface area contributed by atoms with Crippen molar-refractivity contribution in [1.82, 2.24) is 10.3 Å². The summed E-state index contributed by atoms with van der Waals surface area (Å²) in [5, 5.41) is 13.0. The molecule has 1 rings (SSSR count). The minimum atomic E-state index is -1.10. The van der Waals surface area contributed by atoms with Gasteiger partial charge >= 0.3 is 12.0 Å². The van der Waals surface area contributed by atoms with Crippen molar-refractivity contribution in [2.75, 3.05) is 11.9 Å². The van der Waals surface area contributed by atoms with Gasteiger partial charge in [-0.15, -0.1) is 0 Å². The van der Waals surface area contributed by atoms with E-state index in [0.29, 0.717) is 5.82 Å². The fourth-order valence-corrected chi connectivity index (χ4v) is 1.42. The maximum Gasteiger partial charge on any atom is 0.323 e. The molecule has 0 aliphatic rings. The van der Waals surface area contributed by atoms with Gasteiger partial charge in [0, 0.05) is 10.7 Å². The molecule has 3 N–H and O–H groups in total. The SMILES string of the molecule is Cc1cc(Br)cnc1NC(=O)NCC(=O)O. The van der Waals surface area contributed by atoms with Crippen molar-refractivity contribution in [1.29, 1.82) is 0 Å². The molecule has 86 valence electrons. The van der Waals surface area contributed by atoms with Crippen LogP contribution in [0.5, 0.6) is 0 Å². The summed E-state index contributed by atoms with van der Waals surface area (Å²) in [4.78, 5) is 25.4. The molecule has 16 heavy (non-hydrogen) atoms. The normalized spacial score (nSPS) is 9.62. The minimum absolute atomic E-state index is 0.395. The van der Waals surface area contributed by atoms with Crippen molar-refractivity contribution in [2.45, 2.75) is 6.92 Å². The number of rotatable bonds is 3. The van der Waals surface area contributed by atoms with E-state index in [1.54, 1.807) is 19.2 Å². The number of aromatic nitrogens is 1. The van der Waals surface area contributed by atoms with Crippen LogP contribution in [0.1, 0.15) is 5.56 Å². The second-order valence-electron chi connectivity index (χ2n) is 3.02. The monoisotopic (exact) mass is 287 g/mol. The first-order valence-corrected chi connectivity index (χ1v) is 5.17. The number of aryl methyl sites for hydroxylation is 1. The average molecular weight is 288 g/mol. The van der Waals surface area contributed by atoms with Crippen LogP contribution in [0.15, 0.2) is 16.7 Å². The Morgan fingerprint density at radius 1 is 1.56 bits per heavy atom. The van der Waals surface area contributed by atoms with Crippen LogP contribution in [0.4, 0.5) is 10.6 Å². The standard InChI is InChI=1S/C9H10BrN3O3/c1-5-2-6(10)3-11-8(5)13-9(16)12-4-7(14)15/h2-3H,4H2,1H3,(H,14,15)(H2,11,12,13,16). The lowest BCUT2D eigenvalue weighted by molar-refractivity contribution is -0.135. The number of carboxylic acids is 1. The molecule has 1 heterocycles. The minimum Gasteiger partial charge on any atom is -0.480 e. The topological polar surface area (TPSA) is 91.3 Å². The van der Waals surface area contributed by atoms with E-state index < -0.39 is 18.5 Å². The van der Waals surface area contributed by atoms with Gasteiger partial charge in [0.15, 0.2) is 0 Å². The van der Waals surface area contributed by atoms with Gasteiger partial charge in [0.05, 0.1) is 0 Å². The maximum atomic E-state index is 11.2. The molecule has 1 aromatic heterocycles. The van der Waals surface area contributed by atoms with Crippen molar-refractivity contribution in [2.24, 2.45) is 0 Å². The Hall–Kier alpha value is -1.63. The number of carbonyl (C=O) groups is 2. The van der Waals surface area contributed by atoms with Crippen LogP contribution in [-0.4, -0.2) is 28.6 Å². The first-order chi connectivity index (χ1) is 7.49. The summed E-state index contributed by atoms with van der Waals surface area (Å²) in [6, 6.07) is 1.19. The van der Waals surface area contributed by atoms with Crippen LogP contribution in [-0.2, 0) is 4.79 Å². The molecule has 0 atom stereocenters. The zero-order valence-corrected chi connectivity index (χ0v) is 10.0. The molecule has 6 nitrogen and oxygen atoms in total. The van der Waals surface area contributed by atoms with Gasteiger partial charge in [-0.3, -0.25) is 10.1 Å². The Kier molecular flexibility index (Phi) is 4.24. The van der Waals surface area contributed by atoms with Gasteiger partial charge in [0.1, 0.15) is 12.4 Å². The molecule has 7 heteroatoms. The van der Waals surface area contributed by atoms with Crippen LogP contribution >= 0.6 is 15.9 Å². The van der Waals surface area contributed by atoms with Gasteiger partial charge in [0.25, 0.3) is 0 Å². The number of nitrogens with zero attached hydrogens (tertiary/aromatic N) is 1. The molecule has 0 aliphatic carbocycles. The fraction of sp³-hybridized carbons (Fsp3) is 0.222. The number of aliphatic carboxylic acids is 1. The molecule has 2 amide bonds. The highest BCUT2D eigenvalue weighted by Crippen LogP contribution is 2.16. The van der Waals surface area contributed by atoms with Gasteiger partial charge in [-0.05, 0) is 34.5 Å². The van der Waals surface area contributed by atoms with Gasteiger partial charge in [-0.1, -0.05) is 0 Å². The molecule has 0 bridgehead atoms. The predicted octanol–water partition coefficient (Wildman–Crippen LogP) is 1.36. The van der Waals surface area contributed by atoms with E-state index in [0.717, 1.165) is 10.0 Å². The lowest BCUT2D eigenvalue weighted by Gasteiger charge is -2.07. The number of urea groups is 1. The summed E-state index contributed by atoms with van der Waals surface area (Å²) in [7, 11) is 0. The van der Waals surface area contributed by atoms with E-state index in [1.807, 2.05) is 0 Å². The van der Waals surface area contributed by atoms with E-state index in [-0.39, 0.29) is 0 Å². The largest absolute Gasteiger partial charge is 0.480 e. The summed E-state index contributed by atoms with van der Waals surface area (Å²) < 4.78 is 0.807. The summed E-state index contributed by atoms with van der Waals surface area (Å²) in [6.45, 7) is 1.35. The van der Waals surface area contributed by atoms with Crippen molar-refractivity contribution in [3.8, 4) is 0 Å². The number of carbonyl (C=O) groups excluding carboxylic acids is 1. The molecule has 0 fully saturated rings. The molecular weight excluding hydrogens is 278 g/mol. The number of pyridine rings is 1. The van der Waals surface area contributed by atoms with Crippen LogP contribution in [0, 0.1) is 6.92 Å². The van der Waals surface area contributed by atoms with Crippen LogP contribution < -0.4 is 10.6 Å². The van der Waals surface area contributed by atoms with E-state index in [1.165, 1.54) is 0 Å². The van der Waals surface area contributed by atoms with E-state index in [4.69, 9.17) is 5.11 Å². The number of hydrogen-bond acceptors (Lipinski definition) is 3. The van der Waals surface area contributed by atoms with Crippen LogP contribution in [0.25, 0.3) is 0 Å². The summed E-state index contributed by atoms with van der Waals surface area (Å²) in [5.74, 6) is -0.707. The number of amides is 2. The highest BCUT2D eigenvalue weighted by Gasteiger charge is 2.06. The highest BCUT2D eigenvalue weighted by atomic mass is 79.9. The Balaban J connectivity index is 2.59. The third-order valence-corrected chi connectivity index (χ3v) is 2.11. The van der Waals surface area contributed by atoms with Gasteiger partial charge in [0.2, 0.25) is 0 Å². The zero-order chi connectivity index (χ0) is 12.1. The summed E-state index contributed by atoms with van der Waals surface area (Å²) in [5.41, 5.74) is 0.778.